The van der Waals surface area contributed by atoms with E-state index in [9.17, 15) is 0 Å². The lowest BCUT2D eigenvalue weighted by Gasteiger charge is -2.36. The van der Waals surface area contributed by atoms with Gasteiger partial charge in [-0.25, -0.2) is 0 Å². The molecule has 0 aromatic carbocycles. The highest BCUT2D eigenvalue weighted by Gasteiger charge is 2.30. The van der Waals surface area contributed by atoms with Gasteiger partial charge in [-0.1, -0.05) is 25.7 Å². The number of likely N-dealkylation sites (tertiary alicyclic amines) is 1. The Morgan fingerprint density at radius 3 is 2.21 bits per heavy atom. The molecule has 3 heteroatoms. The Kier molecular flexibility index (Phi) is 6.51. The first-order chi connectivity index (χ1) is 9.24. The predicted octanol–water partition coefficient (Wildman–Crippen LogP) is 3.28. The third-order valence-electron chi connectivity index (χ3n) is 5.10. The number of hydrogen-bond donors (Lipinski definition) is 1. The number of likely N-dealkylation sites (N-methyl/N-ethyl adjacent to an activating group) is 1. The summed E-state index contributed by atoms with van der Waals surface area (Å²) in [5.74, 6) is 1.07. The second-order valence-corrected chi connectivity index (χ2v) is 7.18. The third kappa shape index (κ3) is 4.95. The molecular formula is C16H32N2S. The molecule has 2 nitrogen and oxygen atoms in total. The zero-order valence-electron chi connectivity index (χ0n) is 12.7. The van der Waals surface area contributed by atoms with E-state index in [1.165, 1.54) is 84.1 Å². The SMILES string of the molecule is CN(CCN1CCCC1)CC1(CS)CCCCCC1. The fourth-order valence-corrected chi connectivity index (χ4v) is 4.23. The summed E-state index contributed by atoms with van der Waals surface area (Å²) in [7, 11) is 2.31. The highest BCUT2D eigenvalue weighted by atomic mass is 32.1. The van der Waals surface area contributed by atoms with Crippen molar-refractivity contribution in [3.8, 4) is 0 Å². The molecule has 2 rings (SSSR count). The Labute approximate surface area is 125 Å². The van der Waals surface area contributed by atoms with Gasteiger partial charge in [0, 0.05) is 19.6 Å². The molecule has 2 fully saturated rings. The van der Waals surface area contributed by atoms with Crippen molar-refractivity contribution < 1.29 is 0 Å². The second kappa shape index (κ2) is 7.90. The number of rotatable bonds is 6. The van der Waals surface area contributed by atoms with E-state index in [0.29, 0.717) is 5.41 Å². The van der Waals surface area contributed by atoms with Gasteiger partial charge in [-0.2, -0.15) is 12.6 Å². The van der Waals surface area contributed by atoms with E-state index in [0.717, 1.165) is 5.75 Å². The van der Waals surface area contributed by atoms with E-state index in [4.69, 9.17) is 12.6 Å². The Hall–Kier alpha value is 0.270. The predicted molar refractivity (Wildman–Crippen MR) is 87.2 cm³/mol. The second-order valence-electron chi connectivity index (χ2n) is 6.86. The van der Waals surface area contributed by atoms with Crippen LogP contribution >= 0.6 is 12.6 Å². The molecule has 0 aromatic heterocycles. The molecule has 1 aliphatic heterocycles. The molecule has 1 saturated carbocycles. The van der Waals surface area contributed by atoms with E-state index in [-0.39, 0.29) is 0 Å². The minimum Gasteiger partial charge on any atom is -0.305 e. The van der Waals surface area contributed by atoms with Gasteiger partial charge < -0.3 is 9.80 Å². The molecule has 0 radical (unpaired) electrons. The largest absolute Gasteiger partial charge is 0.305 e. The van der Waals surface area contributed by atoms with Crippen LogP contribution in [0.15, 0.2) is 0 Å². The zero-order chi connectivity index (χ0) is 13.6. The lowest BCUT2D eigenvalue weighted by molar-refractivity contribution is 0.161. The topological polar surface area (TPSA) is 6.48 Å². The molecule has 0 N–H and O–H groups in total. The minimum atomic E-state index is 0.499. The molecule has 112 valence electrons. The van der Waals surface area contributed by atoms with Gasteiger partial charge in [0.05, 0.1) is 0 Å². The van der Waals surface area contributed by atoms with Crippen LogP contribution in [0, 0.1) is 5.41 Å². The molecular weight excluding hydrogens is 252 g/mol. The maximum atomic E-state index is 4.69. The Bertz CT molecular complexity index is 243. The first-order valence-electron chi connectivity index (χ1n) is 8.26. The van der Waals surface area contributed by atoms with Gasteiger partial charge in [0.2, 0.25) is 0 Å². The summed E-state index contributed by atoms with van der Waals surface area (Å²) in [6, 6.07) is 0. The molecule has 0 amide bonds. The minimum absolute atomic E-state index is 0.499. The van der Waals surface area contributed by atoms with Crippen molar-refractivity contribution in [3.05, 3.63) is 0 Å². The van der Waals surface area contributed by atoms with Crippen LogP contribution in [0.3, 0.4) is 0 Å². The highest BCUT2D eigenvalue weighted by Crippen LogP contribution is 2.36. The van der Waals surface area contributed by atoms with Crippen molar-refractivity contribution in [1.82, 2.24) is 9.80 Å². The summed E-state index contributed by atoms with van der Waals surface area (Å²) in [6.45, 7) is 6.40. The molecule has 0 aromatic rings. The van der Waals surface area contributed by atoms with Gasteiger partial charge in [-0.3, -0.25) is 0 Å². The summed E-state index contributed by atoms with van der Waals surface area (Å²) >= 11 is 4.69. The van der Waals surface area contributed by atoms with E-state index in [1.807, 2.05) is 0 Å². The van der Waals surface area contributed by atoms with E-state index < -0.39 is 0 Å². The summed E-state index contributed by atoms with van der Waals surface area (Å²) < 4.78 is 0. The first-order valence-corrected chi connectivity index (χ1v) is 8.89. The average molecular weight is 285 g/mol. The van der Waals surface area contributed by atoms with Crippen LogP contribution in [-0.2, 0) is 0 Å². The van der Waals surface area contributed by atoms with Crippen molar-refractivity contribution >= 4 is 12.6 Å². The van der Waals surface area contributed by atoms with Gasteiger partial charge in [-0.05, 0) is 57.0 Å². The first kappa shape index (κ1) is 15.7. The van der Waals surface area contributed by atoms with Crippen LogP contribution in [0.5, 0.6) is 0 Å². The number of thiol groups is 1. The van der Waals surface area contributed by atoms with E-state index in [2.05, 4.69) is 16.8 Å². The average Bonchev–Trinajstić information content (AvgIpc) is 2.83. The maximum absolute atomic E-state index is 4.69. The van der Waals surface area contributed by atoms with Gasteiger partial charge in [0.1, 0.15) is 0 Å². The van der Waals surface area contributed by atoms with Crippen molar-refractivity contribution in [3.63, 3.8) is 0 Å². The lowest BCUT2D eigenvalue weighted by Crippen LogP contribution is -2.40. The third-order valence-corrected chi connectivity index (χ3v) is 5.77. The number of hydrogen-bond acceptors (Lipinski definition) is 3. The molecule has 19 heavy (non-hydrogen) atoms. The molecule has 2 aliphatic rings. The number of nitrogens with zero attached hydrogens (tertiary/aromatic N) is 2. The Morgan fingerprint density at radius 2 is 1.63 bits per heavy atom. The Balaban J connectivity index is 1.75. The molecule has 1 saturated heterocycles. The van der Waals surface area contributed by atoms with Gasteiger partial charge in [0.25, 0.3) is 0 Å². The van der Waals surface area contributed by atoms with Crippen LogP contribution in [0.1, 0.15) is 51.4 Å². The molecule has 0 unspecified atom stereocenters. The van der Waals surface area contributed by atoms with Crippen molar-refractivity contribution in [2.45, 2.75) is 51.4 Å². The van der Waals surface area contributed by atoms with Crippen LogP contribution < -0.4 is 0 Å². The standard InChI is InChI=1S/C16H32N2S/c1-17(12-13-18-10-6-7-11-18)14-16(15-19)8-4-2-3-5-9-16/h19H,2-15H2,1H3. The fourth-order valence-electron chi connectivity index (χ4n) is 3.81. The van der Waals surface area contributed by atoms with Crippen LogP contribution in [0.4, 0.5) is 0 Å². The zero-order valence-corrected chi connectivity index (χ0v) is 13.6. The molecule has 1 aliphatic carbocycles. The molecule has 0 bridgehead atoms. The van der Waals surface area contributed by atoms with E-state index in [1.54, 1.807) is 0 Å². The van der Waals surface area contributed by atoms with Gasteiger partial charge in [0.15, 0.2) is 0 Å². The van der Waals surface area contributed by atoms with Crippen molar-refractivity contribution in [1.29, 1.82) is 0 Å². The fraction of sp³-hybridized carbons (Fsp3) is 1.00. The normalized spacial score (nSPS) is 24.8. The molecule has 1 heterocycles. The lowest BCUT2D eigenvalue weighted by atomic mass is 9.82. The summed E-state index contributed by atoms with van der Waals surface area (Å²) in [6.07, 6.45) is 11.3. The maximum Gasteiger partial charge on any atom is 0.0109 e. The van der Waals surface area contributed by atoms with Gasteiger partial charge >= 0.3 is 0 Å². The monoisotopic (exact) mass is 284 g/mol. The summed E-state index contributed by atoms with van der Waals surface area (Å²) in [4.78, 5) is 5.19. The molecule has 0 atom stereocenters. The Morgan fingerprint density at radius 1 is 1.00 bits per heavy atom. The smallest absolute Gasteiger partial charge is 0.0109 e. The van der Waals surface area contributed by atoms with Crippen molar-refractivity contribution in [2.24, 2.45) is 5.41 Å². The van der Waals surface area contributed by atoms with Crippen LogP contribution in [-0.4, -0.2) is 55.3 Å². The quantitative estimate of drug-likeness (QED) is 0.591. The highest BCUT2D eigenvalue weighted by molar-refractivity contribution is 7.80. The van der Waals surface area contributed by atoms with Crippen LogP contribution in [0.25, 0.3) is 0 Å². The van der Waals surface area contributed by atoms with Gasteiger partial charge in [-0.15, -0.1) is 0 Å². The van der Waals surface area contributed by atoms with E-state index >= 15 is 0 Å². The van der Waals surface area contributed by atoms with Crippen molar-refractivity contribution in [2.75, 3.05) is 45.5 Å². The summed E-state index contributed by atoms with van der Waals surface area (Å²) in [5.41, 5.74) is 0.499. The van der Waals surface area contributed by atoms with Crippen LogP contribution in [0.2, 0.25) is 0 Å². The summed E-state index contributed by atoms with van der Waals surface area (Å²) in [5, 5.41) is 0. The molecule has 0 spiro atoms.